The van der Waals surface area contributed by atoms with Crippen LogP contribution in [0.5, 0.6) is 0 Å². The van der Waals surface area contributed by atoms with Crippen molar-refractivity contribution in [3.8, 4) is 6.07 Å². The molecular weight excluding hydrogens is 370 g/mol. The fourth-order valence-corrected chi connectivity index (χ4v) is 4.28. The SMILES string of the molecule is CC(C)C(CC(C)(C)C(C)(C)C(CC(C)(C)C(C)(C)C#N)c1ccccc1)C(=O)O. The summed E-state index contributed by atoms with van der Waals surface area (Å²) < 4.78 is 0. The molecule has 1 aromatic rings. The molecule has 0 radical (unpaired) electrons. The molecule has 1 rings (SSSR count). The van der Waals surface area contributed by atoms with Crippen LogP contribution >= 0.6 is 0 Å². The standard InChI is InChI=1S/C27H43NO2/c1-19(2)21(23(29)30)16-25(5,6)27(9,10)22(20-14-12-11-13-15-20)17-24(3,4)26(7,8)18-28/h11-15,19,21-22H,16-17H2,1-10H3,(H,29,30). The quantitative estimate of drug-likeness (QED) is 0.431. The van der Waals surface area contributed by atoms with Gasteiger partial charge in [0.2, 0.25) is 0 Å². The zero-order valence-electron chi connectivity index (χ0n) is 20.8. The monoisotopic (exact) mass is 413 g/mol. The van der Waals surface area contributed by atoms with E-state index in [4.69, 9.17) is 0 Å². The third-order valence-electron chi connectivity index (χ3n) is 8.36. The second-order valence-corrected chi connectivity index (χ2v) is 11.8. The molecular formula is C27H43NO2. The maximum absolute atomic E-state index is 11.9. The Balaban J connectivity index is 3.48. The second kappa shape index (κ2) is 9.13. The lowest BCUT2D eigenvalue weighted by molar-refractivity contribution is -0.145. The summed E-state index contributed by atoms with van der Waals surface area (Å²) in [5.74, 6) is -0.810. The molecule has 0 fully saturated rings. The average Bonchev–Trinajstić information content (AvgIpc) is 2.64. The second-order valence-electron chi connectivity index (χ2n) is 11.8. The molecule has 3 nitrogen and oxygen atoms in total. The summed E-state index contributed by atoms with van der Waals surface area (Å²) in [6, 6.07) is 13.0. The van der Waals surface area contributed by atoms with Crippen molar-refractivity contribution in [2.75, 3.05) is 0 Å². The van der Waals surface area contributed by atoms with Gasteiger partial charge < -0.3 is 5.11 Å². The number of hydrogen-bond acceptors (Lipinski definition) is 2. The molecule has 168 valence electrons. The smallest absolute Gasteiger partial charge is 0.306 e. The first-order valence-corrected chi connectivity index (χ1v) is 11.2. The first kappa shape index (κ1) is 26.2. The van der Waals surface area contributed by atoms with Gasteiger partial charge in [-0.1, -0.05) is 85.7 Å². The van der Waals surface area contributed by atoms with Crippen LogP contribution in [0.25, 0.3) is 0 Å². The molecule has 0 aromatic heterocycles. The Bertz CT molecular complexity index is 751. The van der Waals surface area contributed by atoms with E-state index in [-0.39, 0.29) is 34.0 Å². The van der Waals surface area contributed by atoms with Crippen molar-refractivity contribution < 1.29 is 9.90 Å². The van der Waals surface area contributed by atoms with Gasteiger partial charge in [-0.2, -0.15) is 5.26 Å². The number of hydrogen-bond donors (Lipinski definition) is 1. The van der Waals surface area contributed by atoms with Gasteiger partial charge >= 0.3 is 5.97 Å². The summed E-state index contributed by atoms with van der Waals surface area (Å²) >= 11 is 0. The van der Waals surface area contributed by atoms with Gasteiger partial charge in [-0.05, 0) is 60.3 Å². The minimum absolute atomic E-state index is 0.0849. The van der Waals surface area contributed by atoms with Gasteiger partial charge in [-0.25, -0.2) is 0 Å². The van der Waals surface area contributed by atoms with E-state index in [1.165, 1.54) is 5.56 Å². The van der Waals surface area contributed by atoms with Crippen LogP contribution < -0.4 is 0 Å². The molecule has 30 heavy (non-hydrogen) atoms. The molecule has 2 unspecified atom stereocenters. The number of carbonyl (C=O) groups is 1. The number of carboxylic acid groups (broad SMARTS) is 1. The molecule has 0 aliphatic heterocycles. The van der Waals surface area contributed by atoms with E-state index in [9.17, 15) is 15.2 Å². The topological polar surface area (TPSA) is 61.1 Å². The van der Waals surface area contributed by atoms with Gasteiger partial charge in [-0.15, -0.1) is 0 Å². The lowest BCUT2D eigenvalue weighted by atomic mass is 9.52. The number of nitrogens with zero attached hydrogens (tertiary/aromatic N) is 1. The third-order valence-corrected chi connectivity index (χ3v) is 8.36. The van der Waals surface area contributed by atoms with Crippen LogP contribution in [-0.2, 0) is 4.79 Å². The fourth-order valence-electron chi connectivity index (χ4n) is 4.28. The van der Waals surface area contributed by atoms with E-state index < -0.39 is 11.4 Å². The van der Waals surface area contributed by atoms with Crippen LogP contribution in [0.1, 0.15) is 93.6 Å². The molecule has 0 amide bonds. The highest BCUT2D eigenvalue weighted by atomic mass is 16.4. The predicted molar refractivity (Wildman–Crippen MR) is 125 cm³/mol. The molecule has 0 bridgehead atoms. The molecule has 1 aromatic carbocycles. The number of rotatable bonds is 10. The molecule has 0 saturated heterocycles. The van der Waals surface area contributed by atoms with Crippen molar-refractivity contribution in [3.05, 3.63) is 35.9 Å². The summed E-state index contributed by atoms with van der Waals surface area (Å²) in [7, 11) is 0. The van der Waals surface area contributed by atoms with E-state index in [1.807, 2.05) is 33.8 Å². The summed E-state index contributed by atoms with van der Waals surface area (Å²) in [5.41, 5.74) is 0.184. The fraction of sp³-hybridized carbons (Fsp3) is 0.704. The zero-order chi connectivity index (χ0) is 23.5. The average molecular weight is 414 g/mol. The van der Waals surface area contributed by atoms with E-state index >= 15 is 0 Å². The molecule has 0 aliphatic rings. The number of nitriles is 1. The Labute approximate surface area is 184 Å². The largest absolute Gasteiger partial charge is 0.481 e. The predicted octanol–water partition coefficient (Wildman–Crippen LogP) is 7.54. The summed E-state index contributed by atoms with van der Waals surface area (Å²) in [4.78, 5) is 11.9. The van der Waals surface area contributed by atoms with Gasteiger partial charge in [0.15, 0.2) is 0 Å². The molecule has 0 saturated carbocycles. The zero-order valence-corrected chi connectivity index (χ0v) is 20.8. The van der Waals surface area contributed by atoms with Crippen LogP contribution in [-0.4, -0.2) is 11.1 Å². The minimum atomic E-state index is -0.712. The molecule has 0 spiro atoms. The van der Waals surface area contributed by atoms with Gasteiger partial charge in [0.05, 0.1) is 17.4 Å². The van der Waals surface area contributed by atoms with Gasteiger partial charge in [0, 0.05) is 0 Å². The summed E-state index contributed by atoms with van der Waals surface area (Å²) in [6.07, 6.45) is 1.48. The van der Waals surface area contributed by atoms with Crippen molar-refractivity contribution in [2.45, 2.75) is 88.0 Å². The highest BCUT2D eigenvalue weighted by Gasteiger charge is 2.49. The van der Waals surface area contributed by atoms with Crippen LogP contribution in [0.15, 0.2) is 30.3 Å². The third kappa shape index (κ3) is 5.45. The summed E-state index contributed by atoms with van der Waals surface area (Å²) in [5, 5.41) is 19.6. The molecule has 3 heteroatoms. The van der Waals surface area contributed by atoms with Crippen molar-refractivity contribution in [1.82, 2.24) is 0 Å². The number of carboxylic acids is 1. The highest BCUT2D eigenvalue weighted by Crippen LogP contribution is 2.57. The Morgan fingerprint density at radius 2 is 1.43 bits per heavy atom. The Kier molecular flexibility index (Phi) is 7.98. The van der Waals surface area contributed by atoms with Crippen molar-refractivity contribution >= 4 is 5.97 Å². The van der Waals surface area contributed by atoms with Gasteiger partial charge in [0.1, 0.15) is 0 Å². The van der Waals surface area contributed by atoms with E-state index in [0.29, 0.717) is 6.42 Å². The number of benzene rings is 1. The molecule has 0 aliphatic carbocycles. The van der Waals surface area contributed by atoms with Crippen LogP contribution in [0.3, 0.4) is 0 Å². The van der Waals surface area contributed by atoms with E-state index in [0.717, 1.165) is 6.42 Å². The lowest BCUT2D eigenvalue weighted by Gasteiger charge is -2.52. The first-order chi connectivity index (χ1) is 13.5. The maximum atomic E-state index is 11.9. The lowest BCUT2D eigenvalue weighted by Crippen LogP contribution is -2.44. The van der Waals surface area contributed by atoms with Gasteiger partial charge in [0.25, 0.3) is 0 Å². The first-order valence-electron chi connectivity index (χ1n) is 11.2. The Morgan fingerprint density at radius 3 is 1.83 bits per heavy atom. The normalized spacial score (nSPS) is 15.5. The van der Waals surface area contributed by atoms with Crippen LogP contribution in [0, 0.1) is 44.8 Å². The van der Waals surface area contributed by atoms with Crippen LogP contribution in [0.2, 0.25) is 0 Å². The molecule has 1 N–H and O–H groups in total. The van der Waals surface area contributed by atoms with Crippen molar-refractivity contribution in [3.63, 3.8) is 0 Å². The van der Waals surface area contributed by atoms with Crippen molar-refractivity contribution in [1.29, 1.82) is 5.26 Å². The molecule has 2 atom stereocenters. The minimum Gasteiger partial charge on any atom is -0.481 e. The van der Waals surface area contributed by atoms with E-state index in [1.54, 1.807) is 0 Å². The van der Waals surface area contributed by atoms with Crippen LogP contribution in [0.4, 0.5) is 0 Å². The Morgan fingerprint density at radius 1 is 0.933 bits per heavy atom. The summed E-state index contributed by atoms with van der Waals surface area (Å²) in [6.45, 7) is 21.4. The maximum Gasteiger partial charge on any atom is 0.306 e. The highest BCUT2D eigenvalue weighted by molar-refractivity contribution is 5.70. The van der Waals surface area contributed by atoms with Crippen molar-refractivity contribution in [2.24, 2.45) is 33.5 Å². The van der Waals surface area contributed by atoms with E-state index in [2.05, 4.69) is 71.9 Å². The molecule has 0 heterocycles. The number of aliphatic carboxylic acids is 1. The Hall–Kier alpha value is -1.82. The van der Waals surface area contributed by atoms with Gasteiger partial charge in [-0.3, -0.25) is 4.79 Å².